The lowest BCUT2D eigenvalue weighted by Gasteiger charge is -2.15. The van der Waals surface area contributed by atoms with Crippen molar-refractivity contribution >= 4 is 5.91 Å². The van der Waals surface area contributed by atoms with Crippen LogP contribution in [-0.2, 0) is 6.42 Å². The lowest BCUT2D eigenvalue weighted by molar-refractivity contribution is 0.0770. The maximum Gasteiger partial charge on any atom is 0.293 e. The van der Waals surface area contributed by atoms with E-state index in [0.717, 1.165) is 38.4 Å². The Morgan fingerprint density at radius 1 is 1.41 bits per heavy atom. The minimum absolute atomic E-state index is 0.0321. The molecule has 2 atom stereocenters. The number of amides is 1. The van der Waals surface area contributed by atoms with Crippen LogP contribution in [0.4, 0.5) is 0 Å². The average molecular weight is 235 g/mol. The maximum atomic E-state index is 12.2. The van der Waals surface area contributed by atoms with E-state index in [1.807, 2.05) is 11.8 Å². The van der Waals surface area contributed by atoms with Crippen LogP contribution in [0.2, 0.25) is 0 Å². The summed E-state index contributed by atoms with van der Waals surface area (Å²) >= 11 is 0. The number of aromatic amines is 1. The first kappa shape index (κ1) is 10.7. The fourth-order valence-electron chi connectivity index (χ4n) is 2.71. The van der Waals surface area contributed by atoms with Crippen LogP contribution >= 0.6 is 0 Å². The topological polar surface area (TPSA) is 73.9 Å². The largest absolute Gasteiger partial charge is 0.335 e. The second kappa shape index (κ2) is 4.10. The first-order valence-electron chi connectivity index (χ1n) is 6.19. The smallest absolute Gasteiger partial charge is 0.293 e. The van der Waals surface area contributed by atoms with Gasteiger partial charge in [0.1, 0.15) is 5.82 Å². The first-order chi connectivity index (χ1) is 8.28. The monoisotopic (exact) mass is 235 g/mol. The van der Waals surface area contributed by atoms with Gasteiger partial charge < -0.3 is 10.2 Å². The third-order valence-corrected chi connectivity index (χ3v) is 3.73. The number of likely N-dealkylation sites (tertiary alicyclic amines) is 1. The molecule has 2 fully saturated rings. The molecule has 2 N–H and O–H groups in total. The number of nitrogens with zero attached hydrogens (tertiary/aromatic N) is 3. The highest BCUT2D eigenvalue weighted by Crippen LogP contribution is 2.26. The van der Waals surface area contributed by atoms with Crippen LogP contribution in [0, 0.1) is 11.8 Å². The summed E-state index contributed by atoms with van der Waals surface area (Å²) in [6.07, 6.45) is 0.773. The summed E-state index contributed by atoms with van der Waals surface area (Å²) in [4.78, 5) is 18.2. The highest BCUT2D eigenvalue weighted by molar-refractivity contribution is 5.90. The number of aromatic nitrogens is 3. The molecule has 3 heterocycles. The molecule has 6 nitrogen and oxygen atoms in total. The minimum atomic E-state index is -0.0321. The highest BCUT2D eigenvalue weighted by atomic mass is 16.2. The summed E-state index contributed by atoms with van der Waals surface area (Å²) < 4.78 is 0. The zero-order valence-corrected chi connectivity index (χ0v) is 9.94. The molecule has 0 spiro atoms. The number of carbonyl (C=O) groups is 1. The Bertz CT molecular complexity index is 417. The molecule has 0 saturated carbocycles. The number of rotatable bonds is 2. The van der Waals surface area contributed by atoms with E-state index in [1.54, 1.807) is 0 Å². The molecule has 3 rings (SSSR count). The van der Waals surface area contributed by atoms with Crippen molar-refractivity contribution in [1.82, 2.24) is 25.4 Å². The van der Waals surface area contributed by atoms with Crippen LogP contribution in [0.1, 0.15) is 23.4 Å². The van der Waals surface area contributed by atoms with Gasteiger partial charge in [0.05, 0.1) is 0 Å². The Morgan fingerprint density at radius 3 is 2.71 bits per heavy atom. The molecular weight excluding hydrogens is 218 g/mol. The van der Waals surface area contributed by atoms with Gasteiger partial charge in [0.2, 0.25) is 5.82 Å². The van der Waals surface area contributed by atoms with E-state index in [9.17, 15) is 4.79 Å². The van der Waals surface area contributed by atoms with Crippen molar-refractivity contribution < 1.29 is 4.79 Å². The molecule has 2 aliphatic rings. The molecule has 2 aliphatic heterocycles. The van der Waals surface area contributed by atoms with Crippen molar-refractivity contribution in [3.8, 4) is 0 Å². The summed E-state index contributed by atoms with van der Waals surface area (Å²) in [6, 6.07) is 0. The second-order valence-electron chi connectivity index (χ2n) is 4.85. The van der Waals surface area contributed by atoms with E-state index in [0.29, 0.717) is 17.7 Å². The highest BCUT2D eigenvalue weighted by Gasteiger charge is 2.39. The lowest BCUT2D eigenvalue weighted by atomic mass is 10.0. The molecule has 1 aromatic heterocycles. The Kier molecular flexibility index (Phi) is 2.58. The quantitative estimate of drug-likeness (QED) is 0.735. The standard InChI is InChI=1S/C11H17N5O/c1-2-9-13-10(15-14-9)11(17)16-5-7-3-12-4-8(7)6-16/h7-8,12H,2-6H2,1H3,(H,13,14,15). The van der Waals surface area contributed by atoms with Crippen molar-refractivity contribution in [3.63, 3.8) is 0 Å². The van der Waals surface area contributed by atoms with Gasteiger partial charge in [-0.25, -0.2) is 4.98 Å². The van der Waals surface area contributed by atoms with Gasteiger partial charge in [-0.1, -0.05) is 6.92 Å². The summed E-state index contributed by atoms with van der Waals surface area (Å²) in [5.41, 5.74) is 0. The average Bonchev–Trinajstić information content (AvgIpc) is 3.02. The van der Waals surface area contributed by atoms with E-state index >= 15 is 0 Å². The predicted molar refractivity (Wildman–Crippen MR) is 61.5 cm³/mol. The molecule has 1 amide bonds. The van der Waals surface area contributed by atoms with Crippen molar-refractivity contribution in [2.75, 3.05) is 26.2 Å². The van der Waals surface area contributed by atoms with Crippen molar-refractivity contribution in [2.45, 2.75) is 13.3 Å². The minimum Gasteiger partial charge on any atom is -0.335 e. The van der Waals surface area contributed by atoms with Crippen molar-refractivity contribution in [1.29, 1.82) is 0 Å². The van der Waals surface area contributed by atoms with Crippen LogP contribution in [-0.4, -0.2) is 52.2 Å². The molecule has 0 aromatic carbocycles. The van der Waals surface area contributed by atoms with Crippen LogP contribution in [0.25, 0.3) is 0 Å². The van der Waals surface area contributed by atoms with E-state index in [1.165, 1.54) is 0 Å². The van der Waals surface area contributed by atoms with E-state index in [2.05, 4.69) is 20.5 Å². The molecule has 1 aromatic rings. The second-order valence-corrected chi connectivity index (χ2v) is 4.85. The van der Waals surface area contributed by atoms with Gasteiger partial charge in [-0.05, 0) is 11.8 Å². The van der Waals surface area contributed by atoms with Crippen LogP contribution in [0.5, 0.6) is 0 Å². The summed E-state index contributed by atoms with van der Waals surface area (Å²) in [6.45, 7) is 5.73. The van der Waals surface area contributed by atoms with Crippen molar-refractivity contribution in [2.24, 2.45) is 11.8 Å². The number of H-pyrrole nitrogens is 1. The Labute approximate surface area is 99.8 Å². The first-order valence-corrected chi connectivity index (χ1v) is 6.19. The summed E-state index contributed by atoms with van der Waals surface area (Å²) in [5, 5.41) is 10.1. The molecule has 2 unspecified atom stereocenters. The molecule has 17 heavy (non-hydrogen) atoms. The zero-order chi connectivity index (χ0) is 11.8. The van der Waals surface area contributed by atoms with Gasteiger partial charge >= 0.3 is 0 Å². The number of fused-ring (bicyclic) bond motifs is 1. The van der Waals surface area contributed by atoms with Crippen LogP contribution < -0.4 is 5.32 Å². The molecule has 6 heteroatoms. The fraction of sp³-hybridized carbons (Fsp3) is 0.727. The number of carbonyl (C=O) groups excluding carboxylic acids is 1. The Morgan fingerprint density at radius 2 is 2.12 bits per heavy atom. The lowest BCUT2D eigenvalue weighted by Crippen LogP contribution is -2.32. The number of hydrogen-bond acceptors (Lipinski definition) is 4. The predicted octanol–water partition coefficient (Wildman–Crippen LogP) is -0.341. The van der Waals surface area contributed by atoms with E-state index in [4.69, 9.17) is 0 Å². The Balaban J connectivity index is 1.70. The molecule has 92 valence electrons. The summed E-state index contributed by atoms with van der Waals surface area (Å²) in [5.74, 6) is 2.28. The fourth-order valence-corrected chi connectivity index (χ4v) is 2.71. The Hall–Kier alpha value is -1.43. The maximum absolute atomic E-state index is 12.2. The number of hydrogen-bond donors (Lipinski definition) is 2. The van der Waals surface area contributed by atoms with Crippen LogP contribution in [0.3, 0.4) is 0 Å². The van der Waals surface area contributed by atoms with E-state index in [-0.39, 0.29) is 5.91 Å². The third kappa shape index (κ3) is 1.82. The van der Waals surface area contributed by atoms with Gasteiger partial charge in [-0.3, -0.25) is 9.89 Å². The van der Waals surface area contributed by atoms with Crippen molar-refractivity contribution in [3.05, 3.63) is 11.6 Å². The molecule has 0 radical (unpaired) electrons. The van der Waals surface area contributed by atoms with Gasteiger partial charge in [0, 0.05) is 32.6 Å². The van der Waals surface area contributed by atoms with Gasteiger partial charge in [0.25, 0.3) is 5.91 Å². The molecule has 2 saturated heterocycles. The van der Waals surface area contributed by atoms with Gasteiger partial charge in [0.15, 0.2) is 0 Å². The SMILES string of the molecule is CCc1nc(C(=O)N2CC3CNCC3C2)n[nH]1. The van der Waals surface area contributed by atoms with Gasteiger partial charge in [-0.2, -0.15) is 0 Å². The van der Waals surface area contributed by atoms with Crippen LogP contribution in [0.15, 0.2) is 0 Å². The molecule has 0 aliphatic carbocycles. The third-order valence-electron chi connectivity index (χ3n) is 3.73. The number of aryl methyl sites for hydroxylation is 1. The number of nitrogens with one attached hydrogen (secondary N) is 2. The van der Waals surface area contributed by atoms with Gasteiger partial charge in [-0.15, -0.1) is 5.10 Å². The van der Waals surface area contributed by atoms with E-state index < -0.39 is 0 Å². The normalized spacial score (nSPS) is 27.5. The summed E-state index contributed by atoms with van der Waals surface area (Å²) in [7, 11) is 0. The molecule has 0 bridgehead atoms. The molecular formula is C11H17N5O. The zero-order valence-electron chi connectivity index (χ0n) is 9.94.